The van der Waals surface area contributed by atoms with E-state index in [4.69, 9.17) is 0 Å². The number of allylic oxidation sites excluding steroid dienone is 1. The molecule has 1 N–H and O–H groups in total. The van der Waals surface area contributed by atoms with Crippen LogP contribution < -0.4 is 0 Å². The molecule has 0 aromatic heterocycles. The van der Waals surface area contributed by atoms with Crippen molar-refractivity contribution in [2.45, 2.75) is 25.9 Å². The van der Waals surface area contributed by atoms with Crippen molar-refractivity contribution >= 4 is 12.1 Å². The molecule has 0 spiro atoms. The Labute approximate surface area is 77.4 Å². The number of Topliss-reactive ketones (excluding diaryl/α,β-unsaturated/α-hetero) is 1. The standard InChI is InChI=1S/C10H14O3/c1-2-7-8(4-3-5-11)10(13)6-9(7)12/h3-5,7-8,10,13H,2,6H2,1H3/b4-3+/t7-,8+,10-/m0/s1. The Morgan fingerprint density at radius 1 is 1.62 bits per heavy atom. The van der Waals surface area contributed by atoms with E-state index in [1.807, 2.05) is 6.92 Å². The van der Waals surface area contributed by atoms with E-state index >= 15 is 0 Å². The van der Waals surface area contributed by atoms with E-state index in [0.717, 1.165) is 6.42 Å². The second-order valence-electron chi connectivity index (χ2n) is 3.35. The third-order valence-electron chi connectivity index (χ3n) is 2.58. The molecule has 0 aromatic carbocycles. The maximum atomic E-state index is 11.3. The maximum absolute atomic E-state index is 11.3. The first kappa shape index (κ1) is 10.1. The molecule has 13 heavy (non-hydrogen) atoms. The van der Waals surface area contributed by atoms with Crippen molar-refractivity contribution in [2.24, 2.45) is 11.8 Å². The van der Waals surface area contributed by atoms with Gasteiger partial charge in [-0.15, -0.1) is 0 Å². The normalized spacial score (nSPS) is 34.3. The molecular formula is C10H14O3. The molecule has 1 rings (SSSR count). The molecule has 0 heterocycles. The minimum Gasteiger partial charge on any atom is -0.392 e. The minimum absolute atomic E-state index is 0.105. The van der Waals surface area contributed by atoms with Crippen molar-refractivity contribution in [3.8, 4) is 0 Å². The molecule has 0 radical (unpaired) electrons. The fourth-order valence-corrected chi connectivity index (χ4v) is 1.91. The average molecular weight is 182 g/mol. The SMILES string of the molecule is CC[C@@H]1C(=O)C[C@H](O)[C@@H]1/C=C/C=O. The topological polar surface area (TPSA) is 54.4 Å². The summed E-state index contributed by atoms with van der Waals surface area (Å²) in [6, 6.07) is 0. The predicted octanol–water partition coefficient (Wildman–Crippen LogP) is 0.718. The smallest absolute Gasteiger partial charge is 0.142 e. The van der Waals surface area contributed by atoms with Gasteiger partial charge >= 0.3 is 0 Å². The Balaban J connectivity index is 2.74. The monoisotopic (exact) mass is 182 g/mol. The van der Waals surface area contributed by atoms with Gasteiger partial charge in [0.1, 0.15) is 12.1 Å². The molecule has 3 nitrogen and oxygen atoms in total. The van der Waals surface area contributed by atoms with Gasteiger partial charge in [0.2, 0.25) is 0 Å². The summed E-state index contributed by atoms with van der Waals surface area (Å²) in [5, 5.41) is 9.50. The van der Waals surface area contributed by atoms with Crippen LogP contribution in [0.25, 0.3) is 0 Å². The summed E-state index contributed by atoms with van der Waals surface area (Å²) < 4.78 is 0. The summed E-state index contributed by atoms with van der Waals surface area (Å²) in [6.07, 6.45) is 4.01. The number of ketones is 1. The zero-order valence-electron chi connectivity index (χ0n) is 7.64. The molecule has 3 atom stereocenters. The first-order chi connectivity index (χ1) is 6.20. The van der Waals surface area contributed by atoms with E-state index in [0.29, 0.717) is 6.29 Å². The highest BCUT2D eigenvalue weighted by Gasteiger charge is 2.38. The van der Waals surface area contributed by atoms with Crippen molar-refractivity contribution in [1.82, 2.24) is 0 Å². The Morgan fingerprint density at radius 2 is 2.31 bits per heavy atom. The average Bonchev–Trinajstić information content (AvgIpc) is 2.37. The lowest BCUT2D eigenvalue weighted by Gasteiger charge is -2.14. The van der Waals surface area contributed by atoms with Crippen LogP contribution in [0, 0.1) is 11.8 Å². The van der Waals surface area contributed by atoms with Crippen LogP contribution in [0.4, 0.5) is 0 Å². The predicted molar refractivity (Wildman–Crippen MR) is 48.1 cm³/mol. The van der Waals surface area contributed by atoms with Crippen LogP contribution in [0.3, 0.4) is 0 Å². The highest BCUT2D eigenvalue weighted by atomic mass is 16.3. The van der Waals surface area contributed by atoms with Crippen molar-refractivity contribution in [1.29, 1.82) is 0 Å². The summed E-state index contributed by atoms with van der Waals surface area (Å²) in [4.78, 5) is 21.4. The molecule has 0 aromatic rings. The fraction of sp³-hybridized carbons (Fsp3) is 0.600. The van der Waals surface area contributed by atoms with Crippen molar-refractivity contribution in [2.75, 3.05) is 0 Å². The van der Waals surface area contributed by atoms with Crippen LogP contribution in [-0.4, -0.2) is 23.3 Å². The van der Waals surface area contributed by atoms with Gasteiger partial charge in [-0.1, -0.05) is 13.0 Å². The number of rotatable bonds is 3. The summed E-state index contributed by atoms with van der Waals surface area (Å²) in [6.45, 7) is 1.92. The lowest BCUT2D eigenvalue weighted by Crippen LogP contribution is -2.17. The van der Waals surface area contributed by atoms with E-state index in [2.05, 4.69) is 0 Å². The van der Waals surface area contributed by atoms with Gasteiger partial charge in [-0.25, -0.2) is 0 Å². The Bertz CT molecular complexity index is 232. The van der Waals surface area contributed by atoms with Gasteiger partial charge in [0.25, 0.3) is 0 Å². The molecule has 0 bridgehead atoms. The summed E-state index contributed by atoms with van der Waals surface area (Å²) in [7, 11) is 0. The Morgan fingerprint density at radius 3 is 2.85 bits per heavy atom. The summed E-state index contributed by atoms with van der Waals surface area (Å²) in [5.74, 6) is -0.163. The van der Waals surface area contributed by atoms with Crippen LogP contribution in [0.2, 0.25) is 0 Å². The Hall–Kier alpha value is -0.960. The van der Waals surface area contributed by atoms with Crippen molar-refractivity contribution < 1.29 is 14.7 Å². The molecule has 1 fully saturated rings. The molecule has 0 unspecified atom stereocenters. The quantitative estimate of drug-likeness (QED) is 0.516. The molecular weight excluding hydrogens is 168 g/mol. The third kappa shape index (κ3) is 2.04. The number of aldehydes is 1. The van der Waals surface area contributed by atoms with Gasteiger partial charge < -0.3 is 5.11 Å². The number of hydrogen-bond acceptors (Lipinski definition) is 3. The third-order valence-corrected chi connectivity index (χ3v) is 2.58. The van der Waals surface area contributed by atoms with E-state index in [9.17, 15) is 14.7 Å². The minimum atomic E-state index is -0.603. The van der Waals surface area contributed by atoms with E-state index in [1.54, 1.807) is 6.08 Å². The van der Waals surface area contributed by atoms with Crippen LogP contribution in [0.1, 0.15) is 19.8 Å². The highest BCUT2D eigenvalue weighted by molar-refractivity contribution is 5.84. The second kappa shape index (κ2) is 4.33. The second-order valence-corrected chi connectivity index (χ2v) is 3.35. The lowest BCUT2D eigenvalue weighted by molar-refractivity contribution is -0.121. The summed E-state index contributed by atoms with van der Waals surface area (Å²) >= 11 is 0. The lowest BCUT2D eigenvalue weighted by atomic mass is 9.92. The molecule has 1 aliphatic rings. The van der Waals surface area contributed by atoms with Gasteiger partial charge in [-0.05, 0) is 12.5 Å². The highest BCUT2D eigenvalue weighted by Crippen LogP contribution is 2.32. The molecule has 72 valence electrons. The van der Waals surface area contributed by atoms with Gasteiger partial charge in [0.05, 0.1) is 6.10 Å². The molecule has 1 aliphatic carbocycles. The zero-order valence-corrected chi connectivity index (χ0v) is 7.64. The number of carbonyl (C=O) groups excluding carboxylic acids is 2. The van der Waals surface area contributed by atoms with E-state index in [1.165, 1.54) is 6.08 Å². The van der Waals surface area contributed by atoms with Crippen molar-refractivity contribution in [3.05, 3.63) is 12.2 Å². The largest absolute Gasteiger partial charge is 0.392 e. The molecule has 0 amide bonds. The first-order valence-corrected chi connectivity index (χ1v) is 4.53. The fourth-order valence-electron chi connectivity index (χ4n) is 1.91. The van der Waals surface area contributed by atoms with Gasteiger partial charge in [0, 0.05) is 18.3 Å². The van der Waals surface area contributed by atoms with E-state index in [-0.39, 0.29) is 24.0 Å². The van der Waals surface area contributed by atoms with Crippen LogP contribution in [-0.2, 0) is 9.59 Å². The van der Waals surface area contributed by atoms with Crippen LogP contribution in [0.15, 0.2) is 12.2 Å². The first-order valence-electron chi connectivity index (χ1n) is 4.53. The van der Waals surface area contributed by atoms with Crippen LogP contribution >= 0.6 is 0 Å². The zero-order chi connectivity index (χ0) is 9.84. The maximum Gasteiger partial charge on any atom is 0.142 e. The molecule has 3 heteroatoms. The van der Waals surface area contributed by atoms with Crippen molar-refractivity contribution in [3.63, 3.8) is 0 Å². The number of carbonyl (C=O) groups is 2. The van der Waals surface area contributed by atoms with Gasteiger partial charge in [-0.3, -0.25) is 9.59 Å². The molecule has 1 saturated carbocycles. The number of aliphatic hydroxyl groups excluding tert-OH is 1. The van der Waals surface area contributed by atoms with E-state index < -0.39 is 6.10 Å². The van der Waals surface area contributed by atoms with Gasteiger partial charge in [0.15, 0.2) is 0 Å². The summed E-state index contributed by atoms with van der Waals surface area (Å²) in [5.41, 5.74) is 0. The Kier molecular flexibility index (Phi) is 3.37. The van der Waals surface area contributed by atoms with Gasteiger partial charge in [-0.2, -0.15) is 0 Å². The molecule has 0 aliphatic heterocycles. The molecule has 0 saturated heterocycles. The number of aliphatic hydroxyl groups is 1. The van der Waals surface area contributed by atoms with Crippen LogP contribution in [0.5, 0.6) is 0 Å². The number of hydrogen-bond donors (Lipinski definition) is 1.